The topological polar surface area (TPSA) is 66.9 Å². The van der Waals surface area contributed by atoms with Gasteiger partial charge in [0.05, 0.1) is 40.9 Å². The summed E-state index contributed by atoms with van der Waals surface area (Å²) in [6.45, 7) is 2.44. The number of halogens is 1. The summed E-state index contributed by atoms with van der Waals surface area (Å²) in [5, 5.41) is 0.419. The fourth-order valence-electron chi connectivity index (χ4n) is 3.80. The van der Waals surface area contributed by atoms with Crippen molar-refractivity contribution >= 4 is 38.8 Å². The summed E-state index contributed by atoms with van der Waals surface area (Å²) in [6.07, 6.45) is 0. The number of urea groups is 1. The number of hydrogen-bond donors (Lipinski definition) is 0. The molecule has 2 aromatic carbocycles. The lowest BCUT2D eigenvalue weighted by Crippen LogP contribution is -2.38. The molecular formula is C19H19ClN2O4S. The summed E-state index contributed by atoms with van der Waals surface area (Å²) in [4.78, 5) is 16.3. The summed E-state index contributed by atoms with van der Waals surface area (Å²) in [7, 11) is -3.24. The molecule has 2 atom stereocenters. The fraction of sp³-hybridized carbons (Fsp3) is 0.316. The molecule has 0 N–H and O–H groups in total. The first-order valence-corrected chi connectivity index (χ1v) is 10.9. The number of hydrogen-bond acceptors (Lipinski definition) is 4. The molecule has 142 valence electrons. The van der Waals surface area contributed by atoms with E-state index >= 15 is 0 Å². The van der Waals surface area contributed by atoms with Crippen molar-refractivity contribution in [1.29, 1.82) is 0 Å². The number of rotatable bonds is 4. The lowest BCUT2D eigenvalue weighted by Gasteiger charge is -2.23. The molecule has 2 aliphatic heterocycles. The van der Waals surface area contributed by atoms with Crippen LogP contribution in [-0.4, -0.2) is 44.6 Å². The van der Waals surface area contributed by atoms with Crippen molar-refractivity contribution in [2.45, 2.75) is 19.0 Å². The minimum atomic E-state index is -3.24. The lowest BCUT2D eigenvalue weighted by molar-refractivity contribution is 0.255. The largest absolute Gasteiger partial charge is 0.494 e. The monoisotopic (exact) mass is 406 g/mol. The quantitative estimate of drug-likeness (QED) is 0.730. The van der Waals surface area contributed by atoms with Gasteiger partial charge in [-0.05, 0) is 43.3 Å². The highest BCUT2D eigenvalue weighted by molar-refractivity contribution is 7.91. The van der Waals surface area contributed by atoms with Crippen molar-refractivity contribution < 1.29 is 17.9 Å². The predicted octanol–water partition coefficient (Wildman–Crippen LogP) is 3.35. The molecule has 2 aliphatic rings. The molecule has 2 saturated heterocycles. The summed E-state index contributed by atoms with van der Waals surface area (Å²) in [5.74, 6) is 0.575. The van der Waals surface area contributed by atoms with Crippen LogP contribution in [-0.2, 0) is 9.84 Å². The van der Waals surface area contributed by atoms with Crippen LogP contribution in [0.2, 0.25) is 5.02 Å². The first-order chi connectivity index (χ1) is 12.9. The number of amides is 2. The van der Waals surface area contributed by atoms with Gasteiger partial charge in [-0.2, -0.15) is 0 Å². The van der Waals surface area contributed by atoms with Gasteiger partial charge in [-0.25, -0.2) is 13.2 Å². The highest BCUT2D eigenvalue weighted by atomic mass is 35.5. The Hall–Kier alpha value is -2.25. The van der Waals surface area contributed by atoms with Crippen LogP contribution in [0.3, 0.4) is 0 Å². The molecule has 6 nitrogen and oxygen atoms in total. The Balaban J connectivity index is 1.76. The second kappa shape index (κ2) is 6.73. The smallest absolute Gasteiger partial charge is 0.329 e. The SMILES string of the molecule is CCOc1ccc(N2C(=O)N(c3ccccc3Cl)[C@H]3CS(=O)(=O)C[C@H]32)cc1. The number of anilines is 2. The Kier molecular flexibility index (Phi) is 4.52. The summed E-state index contributed by atoms with van der Waals surface area (Å²) < 4.78 is 30.1. The van der Waals surface area contributed by atoms with Crippen molar-refractivity contribution in [3.63, 3.8) is 0 Å². The van der Waals surface area contributed by atoms with Crippen LogP contribution in [0.15, 0.2) is 48.5 Å². The van der Waals surface area contributed by atoms with Gasteiger partial charge in [-0.15, -0.1) is 0 Å². The highest BCUT2D eigenvalue weighted by Crippen LogP contribution is 2.40. The molecular weight excluding hydrogens is 388 g/mol. The molecule has 4 rings (SSSR count). The molecule has 2 aromatic rings. The van der Waals surface area contributed by atoms with Gasteiger partial charge >= 0.3 is 6.03 Å². The summed E-state index contributed by atoms with van der Waals surface area (Å²) in [5.41, 5.74) is 1.18. The Morgan fingerprint density at radius 1 is 1.04 bits per heavy atom. The molecule has 0 aromatic heterocycles. The average molecular weight is 407 g/mol. The Bertz CT molecular complexity index is 977. The van der Waals surface area contributed by atoms with Gasteiger partial charge in [0, 0.05) is 5.69 Å². The average Bonchev–Trinajstić information content (AvgIpc) is 3.06. The van der Waals surface area contributed by atoms with E-state index in [1.165, 1.54) is 4.90 Å². The lowest BCUT2D eigenvalue weighted by atomic mass is 10.1. The van der Waals surface area contributed by atoms with Gasteiger partial charge in [-0.3, -0.25) is 9.80 Å². The van der Waals surface area contributed by atoms with Gasteiger partial charge in [0.15, 0.2) is 9.84 Å². The molecule has 0 bridgehead atoms. The molecule has 2 fully saturated rings. The van der Waals surface area contributed by atoms with Crippen LogP contribution in [0.25, 0.3) is 0 Å². The van der Waals surface area contributed by atoms with Crippen molar-refractivity contribution in [2.24, 2.45) is 0 Å². The van der Waals surface area contributed by atoms with E-state index < -0.39 is 21.9 Å². The Morgan fingerprint density at radius 3 is 2.30 bits per heavy atom. The zero-order valence-corrected chi connectivity index (χ0v) is 16.3. The second-order valence-corrected chi connectivity index (χ2v) is 9.17. The summed E-state index contributed by atoms with van der Waals surface area (Å²) in [6, 6.07) is 12.9. The number of fused-ring (bicyclic) bond motifs is 1. The zero-order valence-electron chi connectivity index (χ0n) is 14.7. The maximum atomic E-state index is 13.3. The molecule has 0 radical (unpaired) electrons. The molecule has 0 saturated carbocycles. The Labute approximate surface area is 163 Å². The maximum Gasteiger partial charge on any atom is 0.329 e. The molecule has 27 heavy (non-hydrogen) atoms. The van der Waals surface area contributed by atoms with E-state index in [9.17, 15) is 13.2 Å². The van der Waals surface area contributed by atoms with Crippen LogP contribution in [0.5, 0.6) is 5.75 Å². The minimum Gasteiger partial charge on any atom is -0.494 e. The molecule has 8 heteroatoms. The molecule has 2 heterocycles. The van der Waals surface area contributed by atoms with E-state index in [0.717, 1.165) is 0 Å². The van der Waals surface area contributed by atoms with Crippen molar-refractivity contribution in [2.75, 3.05) is 27.9 Å². The van der Waals surface area contributed by atoms with Crippen LogP contribution in [0.1, 0.15) is 6.92 Å². The molecule has 0 unspecified atom stereocenters. The van der Waals surface area contributed by atoms with Crippen molar-refractivity contribution in [3.8, 4) is 5.75 Å². The summed E-state index contributed by atoms with van der Waals surface area (Å²) >= 11 is 6.30. The number of carbonyl (C=O) groups is 1. The third-order valence-corrected chi connectivity index (χ3v) is 6.93. The minimum absolute atomic E-state index is 0.0580. The van der Waals surface area contributed by atoms with Crippen molar-refractivity contribution in [1.82, 2.24) is 0 Å². The standard InChI is InChI=1S/C19H19ClN2O4S/c1-2-26-14-9-7-13(8-10-14)21-17-11-27(24,25)12-18(17)22(19(21)23)16-6-4-3-5-15(16)20/h3-10,17-18H,2,11-12H2,1H3/t17-,18+/m1/s1. The molecule has 0 spiro atoms. The van der Waals surface area contributed by atoms with E-state index in [1.807, 2.05) is 6.92 Å². The van der Waals surface area contributed by atoms with E-state index in [2.05, 4.69) is 0 Å². The molecule has 0 aliphatic carbocycles. The predicted molar refractivity (Wildman–Crippen MR) is 106 cm³/mol. The van der Waals surface area contributed by atoms with E-state index in [0.29, 0.717) is 28.8 Å². The second-order valence-electron chi connectivity index (χ2n) is 6.61. The zero-order chi connectivity index (χ0) is 19.2. The maximum absolute atomic E-state index is 13.3. The van der Waals surface area contributed by atoms with E-state index in [-0.39, 0.29) is 17.5 Å². The molecule has 2 amide bonds. The first-order valence-electron chi connectivity index (χ1n) is 8.71. The van der Waals surface area contributed by atoms with Crippen LogP contribution < -0.4 is 14.5 Å². The third-order valence-electron chi connectivity index (χ3n) is 4.91. The number of para-hydroxylation sites is 1. The number of ether oxygens (including phenoxy) is 1. The fourth-order valence-corrected chi connectivity index (χ4v) is 5.95. The number of nitrogens with zero attached hydrogens (tertiary/aromatic N) is 2. The normalized spacial score (nSPS) is 23.6. The van der Waals surface area contributed by atoms with Gasteiger partial charge in [0.25, 0.3) is 0 Å². The van der Waals surface area contributed by atoms with E-state index in [1.54, 1.807) is 53.4 Å². The van der Waals surface area contributed by atoms with Gasteiger partial charge in [0.1, 0.15) is 5.75 Å². The van der Waals surface area contributed by atoms with Crippen LogP contribution in [0.4, 0.5) is 16.2 Å². The number of benzene rings is 2. The first kappa shape index (κ1) is 18.1. The highest BCUT2D eigenvalue weighted by Gasteiger charge is 2.54. The number of carbonyl (C=O) groups excluding carboxylic acids is 1. The van der Waals surface area contributed by atoms with Crippen LogP contribution >= 0.6 is 11.6 Å². The third kappa shape index (κ3) is 3.15. The van der Waals surface area contributed by atoms with Gasteiger partial charge in [0.2, 0.25) is 0 Å². The van der Waals surface area contributed by atoms with Crippen molar-refractivity contribution in [3.05, 3.63) is 53.6 Å². The van der Waals surface area contributed by atoms with Gasteiger partial charge < -0.3 is 4.74 Å². The Morgan fingerprint density at radius 2 is 1.67 bits per heavy atom. The van der Waals surface area contributed by atoms with Crippen LogP contribution in [0, 0.1) is 0 Å². The van der Waals surface area contributed by atoms with Gasteiger partial charge in [-0.1, -0.05) is 23.7 Å². The number of sulfone groups is 1. The van der Waals surface area contributed by atoms with E-state index in [4.69, 9.17) is 16.3 Å².